The van der Waals surface area contributed by atoms with Crippen molar-refractivity contribution in [3.05, 3.63) is 50.3 Å². The summed E-state index contributed by atoms with van der Waals surface area (Å²) in [5, 5.41) is 17.8. The molecule has 0 aliphatic rings. The van der Waals surface area contributed by atoms with Crippen LogP contribution in [0.2, 0.25) is 0 Å². The highest BCUT2D eigenvalue weighted by atomic mass is 16.6. The lowest BCUT2D eigenvalue weighted by atomic mass is 10.0. The zero-order valence-corrected chi connectivity index (χ0v) is 16.8. The highest BCUT2D eigenvalue weighted by Gasteiger charge is 2.25. The van der Waals surface area contributed by atoms with Crippen molar-refractivity contribution in [2.75, 3.05) is 5.32 Å². The SMILES string of the molecule is Cc1cc(C)c(NC(=O)[C@H](C)OC(=O)Cn2nc(C)c([N+](=O)[O-])c2C)c(C)c1. The summed E-state index contributed by atoms with van der Waals surface area (Å²) >= 11 is 0. The predicted octanol–water partition coefficient (Wildman–Crippen LogP) is 2.90. The van der Waals surface area contributed by atoms with Crippen molar-refractivity contribution < 1.29 is 19.2 Å². The Balaban J connectivity index is 2.04. The number of aromatic nitrogens is 2. The van der Waals surface area contributed by atoms with Crippen LogP contribution in [0.5, 0.6) is 0 Å². The lowest BCUT2D eigenvalue weighted by molar-refractivity contribution is -0.386. The highest BCUT2D eigenvalue weighted by Crippen LogP contribution is 2.23. The average Bonchev–Trinajstić information content (AvgIpc) is 2.84. The molecule has 28 heavy (non-hydrogen) atoms. The van der Waals surface area contributed by atoms with E-state index in [-0.39, 0.29) is 23.6 Å². The first-order valence-corrected chi connectivity index (χ1v) is 8.77. The lowest BCUT2D eigenvalue weighted by Crippen LogP contribution is -2.32. The molecule has 9 nitrogen and oxygen atoms in total. The number of nitrogens with one attached hydrogen (secondary N) is 1. The molecule has 2 aromatic rings. The van der Waals surface area contributed by atoms with Gasteiger partial charge in [-0.15, -0.1) is 0 Å². The minimum atomic E-state index is -1.03. The Morgan fingerprint density at radius 1 is 1.21 bits per heavy atom. The largest absolute Gasteiger partial charge is 0.451 e. The molecule has 0 saturated heterocycles. The first-order chi connectivity index (χ1) is 13.0. The van der Waals surface area contributed by atoms with Crippen LogP contribution in [0, 0.1) is 44.7 Å². The van der Waals surface area contributed by atoms with Crippen molar-refractivity contribution in [1.29, 1.82) is 0 Å². The molecule has 1 heterocycles. The lowest BCUT2D eigenvalue weighted by Gasteiger charge is -2.17. The van der Waals surface area contributed by atoms with Gasteiger partial charge >= 0.3 is 11.7 Å². The normalized spacial score (nSPS) is 11.8. The van der Waals surface area contributed by atoms with Crippen molar-refractivity contribution >= 4 is 23.3 Å². The van der Waals surface area contributed by atoms with Gasteiger partial charge < -0.3 is 10.1 Å². The number of carbonyl (C=O) groups is 2. The molecule has 1 aromatic carbocycles. The van der Waals surface area contributed by atoms with E-state index in [4.69, 9.17) is 4.74 Å². The molecular formula is C19H24N4O5. The zero-order chi connectivity index (χ0) is 21.2. The van der Waals surface area contributed by atoms with Crippen LogP contribution in [0.3, 0.4) is 0 Å². The van der Waals surface area contributed by atoms with E-state index in [0.29, 0.717) is 5.69 Å². The molecule has 0 saturated carbocycles. The maximum absolute atomic E-state index is 12.4. The molecule has 2 rings (SSSR count). The molecule has 1 aromatic heterocycles. The van der Waals surface area contributed by atoms with Gasteiger partial charge in [-0.25, -0.2) is 0 Å². The molecule has 0 spiro atoms. The maximum Gasteiger partial charge on any atom is 0.328 e. The summed E-state index contributed by atoms with van der Waals surface area (Å²) in [6, 6.07) is 3.91. The minimum Gasteiger partial charge on any atom is -0.451 e. The van der Waals surface area contributed by atoms with Crippen LogP contribution in [0.15, 0.2) is 12.1 Å². The van der Waals surface area contributed by atoms with Crippen molar-refractivity contribution in [3.8, 4) is 0 Å². The Morgan fingerprint density at radius 3 is 2.29 bits per heavy atom. The van der Waals surface area contributed by atoms with Gasteiger partial charge in [0.25, 0.3) is 5.91 Å². The Labute approximate surface area is 162 Å². The van der Waals surface area contributed by atoms with Crippen molar-refractivity contribution in [3.63, 3.8) is 0 Å². The number of hydrogen-bond acceptors (Lipinski definition) is 6. The van der Waals surface area contributed by atoms with E-state index in [1.165, 1.54) is 25.5 Å². The summed E-state index contributed by atoms with van der Waals surface area (Å²) in [6.45, 7) is 9.90. The smallest absolute Gasteiger partial charge is 0.328 e. The highest BCUT2D eigenvalue weighted by molar-refractivity contribution is 5.96. The minimum absolute atomic E-state index is 0.135. The Bertz CT molecular complexity index is 925. The fourth-order valence-electron chi connectivity index (χ4n) is 3.12. The van der Waals surface area contributed by atoms with Crippen LogP contribution < -0.4 is 5.32 Å². The molecule has 0 aliphatic carbocycles. The third-order valence-electron chi connectivity index (χ3n) is 4.41. The third kappa shape index (κ3) is 4.54. The number of carbonyl (C=O) groups excluding carboxylic acids is 2. The van der Waals surface area contributed by atoms with E-state index in [1.807, 2.05) is 32.9 Å². The van der Waals surface area contributed by atoms with Gasteiger partial charge in [0.05, 0.1) is 4.92 Å². The molecular weight excluding hydrogens is 364 g/mol. The first-order valence-electron chi connectivity index (χ1n) is 8.77. The number of amides is 1. The molecule has 9 heteroatoms. The number of nitro groups is 1. The molecule has 1 N–H and O–H groups in total. The average molecular weight is 388 g/mol. The summed E-state index contributed by atoms with van der Waals surface area (Å²) in [5.74, 6) is -1.16. The van der Waals surface area contributed by atoms with E-state index in [9.17, 15) is 19.7 Å². The second kappa shape index (κ2) is 8.20. The van der Waals surface area contributed by atoms with Gasteiger partial charge in [0.15, 0.2) is 6.10 Å². The molecule has 150 valence electrons. The fraction of sp³-hybridized carbons (Fsp3) is 0.421. The van der Waals surface area contributed by atoms with Crippen LogP contribution in [-0.4, -0.2) is 32.7 Å². The van der Waals surface area contributed by atoms with E-state index in [1.54, 1.807) is 0 Å². The number of benzene rings is 1. The number of aryl methyl sites for hydroxylation is 4. The van der Waals surface area contributed by atoms with Crippen molar-refractivity contribution in [2.24, 2.45) is 0 Å². The van der Waals surface area contributed by atoms with Gasteiger partial charge in [-0.05, 0) is 52.7 Å². The number of rotatable bonds is 6. The van der Waals surface area contributed by atoms with E-state index in [0.717, 1.165) is 16.7 Å². The quantitative estimate of drug-likeness (QED) is 0.462. The summed E-state index contributed by atoms with van der Waals surface area (Å²) in [5.41, 5.74) is 3.94. The number of ether oxygens (including phenoxy) is 1. The Kier molecular flexibility index (Phi) is 6.17. The molecule has 0 radical (unpaired) electrons. The molecule has 0 aliphatic heterocycles. The van der Waals surface area contributed by atoms with Crippen molar-refractivity contribution in [2.45, 2.75) is 54.2 Å². The number of anilines is 1. The summed E-state index contributed by atoms with van der Waals surface area (Å²) < 4.78 is 6.38. The van der Waals surface area contributed by atoms with Gasteiger partial charge in [0, 0.05) is 5.69 Å². The monoisotopic (exact) mass is 388 g/mol. The van der Waals surface area contributed by atoms with Gasteiger partial charge in [0.2, 0.25) is 0 Å². The van der Waals surface area contributed by atoms with Crippen LogP contribution in [0.4, 0.5) is 11.4 Å². The van der Waals surface area contributed by atoms with Gasteiger partial charge in [-0.1, -0.05) is 17.7 Å². The molecule has 0 fully saturated rings. The van der Waals surface area contributed by atoms with E-state index >= 15 is 0 Å². The fourth-order valence-corrected chi connectivity index (χ4v) is 3.12. The summed E-state index contributed by atoms with van der Waals surface area (Å²) in [6.07, 6.45) is -1.03. The van der Waals surface area contributed by atoms with Crippen LogP contribution in [0.1, 0.15) is 35.0 Å². The third-order valence-corrected chi connectivity index (χ3v) is 4.41. The van der Waals surface area contributed by atoms with E-state index in [2.05, 4.69) is 10.4 Å². The molecule has 1 atom stereocenters. The predicted molar refractivity (Wildman–Crippen MR) is 103 cm³/mol. The van der Waals surface area contributed by atoms with Gasteiger partial charge in [-0.3, -0.25) is 24.4 Å². The number of nitrogens with zero attached hydrogens (tertiary/aromatic N) is 3. The zero-order valence-electron chi connectivity index (χ0n) is 16.8. The second-order valence-corrected chi connectivity index (χ2v) is 6.83. The Morgan fingerprint density at radius 2 is 1.79 bits per heavy atom. The summed E-state index contributed by atoms with van der Waals surface area (Å²) in [7, 11) is 0. The van der Waals surface area contributed by atoms with Crippen LogP contribution >= 0.6 is 0 Å². The van der Waals surface area contributed by atoms with Crippen molar-refractivity contribution in [1.82, 2.24) is 9.78 Å². The molecule has 0 unspecified atom stereocenters. The Hall–Kier alpha value is -3.23. The van der Waals surface area contributed by atoms with E-state index < -0.39 is 22.9 Å². The molecule has 1 amide bonds. The maximum atomic E-state index is 12.4. The first kappa shape index (κ1) is 21.1. The number of esters is 1. The second-order valence-electron chi connectivity index (χ2n) is 6.83. The number of hydrogen-bond donors (Lipinski definition) is 1. The van der Waals surface area contributed by atoms with Gasteiger partial charge in [-0.2, -0.15) is 5.10 Å². The summed E-state index contributed by atoms with van der Waals surface area (Å²) in [4.78, 5) is 35.1. The topological polar surface area (TPSA) is 116 Å². The van der Waals surface area contributed by atoms with Gasteiger partial charge in [0.1, 0.15) is 17.9 Å². The van der Waals surface area contributed by atoms with Crippen LogP contribution in [-0.2, 0) is 20.9 Å². The standard InChI is InChI=1S/C19H24N4O5/c1-10-7-11(2)17(12(3)8-10)20-19(25)15(6)28-16(24)9-22-14(5)18(23(26)27)13(4)21-22/h7-8,15H,9H2,1-6H3,(H,20,25)/t15-/m0/s1. The molecule has 0 bridgehead atoms. The van der Waals surface area contributed by atoms with Crippen LogP contribution in [0.25, 0.3) is 0 Å².